The Balaban J connectivity index is 1.69. The summed E-state index contributed by atoms with van der Waals surface area (Å²) >= 11 is 0. The second kappa shape index (κ2) is 5.41. The van der Waals surface area contributed by atoms with E-state index >= 15 is 0 Å². The van der Waals surface area contributed by atoms with Crippen molar-refractivity contribution in [2.75, 3.05) is 13.1 Å². The number of likely N-dealkylation sites (tertiary alicyclic amines) is 1. The molecule has 1 saturated heterocycles. The molecule has 1 aliphatic heterocycles. The predicted octanol–water partition coefficient (Wildman–Crippen LogP) is 1.03. The third-order valence-electron chi connectivity index (χ3n) is 3.22. The van der Waals surface area contributed by atoms with Crippen molar-refractivity contribution in [3.63, 3.8) is 0 Å². The van der Waals surface area contributed by atoms with Gasteiger partial charge in [0.1, 0.15) is 0 Å². The van der Waals surface area contributed by atoms with Crippen LogP contribution in [0.4, 0.5) is 0 Å². The third kappa shape index (κ3) is 3.02. The molecule has 1 N–H and O–H groups in total. The Hall–Kier alpha value is -0.940. The van der Waals surface area contributed by atoms with E-state index in [0.717, 1.165) is 5.82 Å². The van der Waals surface area contributed by atoms with Gasteiger partial charge in [0.25, 0.3) is 0 Å². The summed E-state index contributed by atoms with van der Waals surface area (Å²) < 4.78 is 4.69. The van der Waals surface area contributed by atoms with Crippen LogP contribution >= 0.6 is 0 Å². The van der Waals surface area contributed by atoms with Gasteiger partial charge < -0.3 is 14.7 Å². The molecule has 2 rings (SSSR count). The van der Waals surface area contributed by atoms with E-state index in [0.29, 0.717) is 18.6 Å². The largest absolute Gasteiger partial charge is 0.343 e. The summed E-state index contributed by atoms with van der Waals surface area (Å²) in [5, 5.41) is 7.26. The lowest BCUT2D eigenvalue weighted by Crippen LogP contribution is -2.44. The van der Waals surface area contributed by atoms with Crippen LogP contribution in [0.2, 0.25) is 0 Å². The Morgan fingerprint density at radius 2 is 2.25 bits per heavy atom. The lowest BCUT2D eigenvalue weighted by molar-refractivity contribution is 0.160. The molecule has 1 aromatic rings. The molecule has 90 valence electrons. The summed E-state index contributed by atoms with van der Waals surface area (Å²) in [6, 6.07) is 1.26. The molecule has 0 atom stereocenters. The Labute approximate surface area is 96.2 Å². The zero-order valence-corrected chi connectivity index (χ0v) is 10.0. The van der Waals surface area contributed by atoms with Gasteiger partial charge in [-0.15, -0.1) is 0 Å². The number of hydrogen-bond donors (Lipinski definition) is 1. The first-order chi connectivity index (χ1) is 7.75. The van der Waals surface area contributed by atoms with Crippen LogP contribution in [0, 0.1) is 0 Å². The number of rotatable bonds is 4. The highest BCUT2D eigenvalue weighted by atomic mass is 16.5. The van der Waals surface area contributed by atoms with E-state index in [1.807, 2.05) is 0 Å². The topological polar surface area (TPSA) is 54.2 Å². The number of piperidine rings is 1. The van der Waals surface area contributed by atoms with Gasteiger partial charge in [0.2, 0.25) is 6.39 Å². The zero-order valence-electron chi connectivity index (χ0n) is 10.0. The molecule has 16 heavy (non-hydrogen) atoms. The molecule has 5 nitrogen and oxygen atoms in total. The standard InChI is InChI=1S/C11H20N4O/c1-9(2)15-5-3-10(4-6-15)12-7-11-13-8-16-14-11/h8-10,12H,3-7H2,1-2H3. The zero-order chi connectivity index (χ0) is 11.4. The minimum Gasteiger partial charge on any atom is -0.343 e. The fourth-order valence-corrected chi connectivity index (χ4v) is 2.13. The predicted molar refractivity (Wildman–Crippen MR) is 60.9 cm³/mol. The van der Waals surface area contributed by atoms with E-state index in [1.165, 1.54) is 32.3 Å². The number of nitrogens with one attached hydrogen (secondary N) is 1. The number of hydrogen-bond acceptors (Lipinski definition) is 5. The van der Waals surface area contributed by atoms with E-state index < -0.39 is 0 Å². The Kier molecular flexibility index (Phi) is 3.90. The van der Waals surface area contributed by atoms with Crippen LogP contribution in [0.3, 0.4) is 0 Å². The molecule has 1 aromatic heterocycles. The van der Waals surface area contributed by atoms with E-state index in [-0.39, 0.29) is 0 Å². The molecule has 0 aliphatic carbocycles. The number of nitrogens with zero attached hydrogens (tertiary/aromatic N) is 3. The average molecular weight is 224 g/mol. The minimum absolute atomic E-state index is 0.591. The van der Waals surface area contributed by atoms with Crippen molar-refractivity contribution in [2.24, 2.45) is 0 Å². The molecule has 0 aromatic carbocycles. The molecular formula is C11H20N4O. The molecule has 0 amide bonds. The minimum atomic E-state index is 0.591. The van der Waals surface area contributed by atoms with Gasteiger partial charge in [0.15, 0.2) is 5.82 Å². The van der Waals surface area contributed by atoms with Gasteiger partial charge in [0.05, 0.1) is 6.54 Å². The van der Waals surface area contributed by atoms with Crippen LogP contribution in [0.15, 0.2) is 10.9 Å². The van der Waals surface area contributed by atoms with Crippen molar-refractivity contribution in [3.05, 3.63) is 12.2 Å². The van der Waals surface area contributed by atoms with E-state index in [1.54, 1.807) is 0 Å². The van der Waals surface area contributed by atoms with Crippen LogP contribution in [-0.4, -0.2) is 40.2 Å². The molecule has 5 heteroatoms. The Bertz CT molecular complexity index is 291. The summed E-state index contributed by atoms with van der Waals surface area (Å²) in [6.07, 6.45) is 3.78. The Morgan fingerprint density at radius 3 is 2.81 bits per heavy atom. The molecule has 0 radical (unpaired) electrons. The summed E-state index contributed by atoms with van der Waals surface area (Å²) in [7, 11) is 0. The maximum atomic E-state index is 4.69. The monoisotopic (exact) mass is 224 g/mol. The van der Waals surface area contributed by atoms with Crippen LogP contribution in [0.5, 0.6) is 0 Å². The lowest BCUT2D eigenvalue weighted by Gasteiger charge is -2.34. The summed E-state index contributed by atoms with van der Waals surface area (Å²) in [5.74, 6) is 0.742. The highest BCUT2D eigenvalue weighted by Crippen LogP contribution is 2.13. The van der Waals surface area contributed by atoms with Gasteiger partial charge in [-0.1, -0.05) is 5.16 Å². The molecule has 2 heterocycles. The third-order valence-corrected chi connectivity index (χ3v) is 3.22. The molecule has 0 unspecified atom stereocenters. The Morgan fingerprint density at radius 1 is 1.50 bits per heavy atom. The van der Waals surface area contributed by atoms with Gasteiger partial charge in [-0.25, -0.2) is 0 Å². The first-order valence-corrected chi connectivity index (χ1v) is 5.98. The fraction of sp³-hybridized carbons (Fsp3) is 0.818. The van der Waals surface area contributed by atoms with E-state index in [4.69, 9.17) is 4.52 Å². The van der Waals surface area contributed by atoms with Crippen LogP contribution < -0.4 is 5.32 Å². The van der Waals surface area contributed by atoms with Gasteiger partial charge >= 0.3 is 0 Å². The average Bonchev–Trinajstić information content (AvgIpc) is 2.80. The van der Waals surface area contributed by atoms with E-state index in [2.05, 4.69) is 34.2 Å². The molecular weight excluding hydrogens is 204 g/mol. The normalized spacial score (nSPS) is 19.4. The highest BCUT2D eigenvalue weighted by Gasteiger charge is 2.20. The lowest BCUT2D eigenvalue weighted by atomic mass is 10.0. The SMILES string of the molecule is CC(C)N1CCC(NCc2ncon2)CC1. The second-order valence-corrected chi connectivity index (χ2v) is 4.63. The molecule has 1 fully saturated rings. The van der Waals surface area contributed by atoms with Crippen molar-refractivity contribution < 1.29 is 4.52 Å². The first-order valence-electron chi connectivity index (χ1n) is 5.98. The van der Waals surface area contributed by atoms with Crippen molar-refractivity contribution in [1.29, 1.82) is 0 Å². The summed E-state index contributed by atoms with van der Waals surface area (Å²) in [6.45, 7) is 7.59. The molecule has 0 saturated carbocycles. The quantitative estimate of drug-likeness (QED) is 0.828. The van der Waals surface area contributed by atoms with Crippen molar-refractivity contribution in [2.45, 2.75) is 45.3 Å². The van der Waals surface area contributed by atoms with E-state index in [9.17, 15) is 0 Å². The number of aromatic nitrogens is 2. The van der Waals surface area contributed by atoms with Crippen molar-refractivity contribution in [1.82, 2.24) is 20.4 Å². The smallest absolute Gasteiger partial charge is 0.213 e. The molecule has 1 aliphatic rings. The maximum Gasteiger partial charge on any atom is 0.213 e. The van der Waals surface area contributed by atoms with Crippen molar-refractivity contribution >= 4 is 0 Å². The second-order valence-electron chi connectivity index (χ2n) is 4.63. The summed E-state index contributed by atoms with van der Waals surface area (Å²) in [5.41, 5.74) is 0. The van der Waals surface area contributed by atoms with Crippen molar-refractivity contribution in [3.8, 4) is 0 Å². The van der Waals surface area contributed by atoms with Crippen LogP contribution in [-0.2, 0) is 6.54 Å². The van der Waals surface area contributed by atoms with Gasteiger partial charge in [0, 0.05) is 12.1 Å². The molecule has 0 spiro atoms. The van der Waals surface area contributed by atoms with Gasteiger partial charge in [-0.2, -0.15) is 4.98 Å². The maximum absolute atomic E-state index is 4.69. The van der Waals surface area contributed by atoms with Crippen LogP contribution in [0.25, 0.3) is 0 Å². The van der Waals surface area contributed by atoms with Gasteiger partial charge in [-0.3, -0.25) is 0 Å². The fourth-order valence-electron chi connectivity index (χ4n) is 2.13. The first kappa shape index (κ1) is 11.5. The van der Waals surface area contributed by atoms with Crippen LogP contribution in [0.1, 0.15) is 32.5 Å². The summed E-state index contributed by atoms with van der Waals surface area (Å²) in [4.78, 5) is 6.51. The van der Waals surface area contributed by atoms with Gasteiger partial charge in [-0.05, 0) is 39.8 Å². The molecule has 0 bridgehead atoms. The highest BCUT2D eigenvalue weighted by molar-refractivity contribution is 4.82.